The fourth-order valence-corrected chi connectivity index (χ4v) is 2.42. The molecule has 1 atom stereocenters. The van der Waals surface area contributed by atoms with E-state index in [9.17, 15) is 4.79 Å². The van der Waals surface area contributed by atoms with Crippen molar-refractivity contribution in [3.05, 3.63) is 18.0 Å². The van der Waals surface area contributed by atoms with Crippen LogP contribution in [0.2, 0.25) is 0 Å². The first-order valence-electron chi connectivity index (χ1n) is 6.05. The van der Waals surface area contributed by atoms with E-state index in [1.807, 2.05) is 24.1 Å². The number of hydrogen-bond donors (Lipinski definition) is 1. The van der Waals surface area contributed by atoms with Crippen molar-refractivity contribution in [2.75, 3.05) is 19.6 Å². The van der Waals surface area contributed by atoms with E-state index in [0.717, 1.165) is 32.5 Å². The van der Waals surface area contributed by atoms with E-state index in [0.29, 0.717) is 12.3 Å². The standard InChI is InChI=1S/C12H19N3O2/c1-14-8-11(7-13-14)3-5-15-4-2-10(9-15)6-12(16)17/h7-8,10H,2-6,9H2,1H3,(H,16,17). The largest absolute Gasteiger partial charge is 0.481 e. The zero-order valence-corrected chi connectivity index (χ0v) is 10.2. The van der Waals surface area contributed by atoms with Crippen LogP contribution in [-0.4, -0.2) is 45.4 Å². The number of carbonyl (C=O) groups is 1. The highest BCUT2D eigenvalue weighted by atomic mass is 16.4. The van der Waals surface area contributed by atoms with Crippen molar-refractivity contribution in [1.82, 2.24) is 14.7 Å². The van der Waals surface area contributed by atoms with E-state index in [2.05, 4.69) is 10.00 Å². The van der Waals surface area contributed by atoms with Gasteiger partial charge in [-0.25, -0.2) is 0 Å². The summed E-state index contributed by atoms with van der Waals surface area (Å²) < 4.78 is 1.81. The number of aliphatic carboxylic acids is 1. The predicted molar refractivity (Wildman–Crippen MR) is 63.7 cm³/mol. The Hall–Kier alpha value is -1.36. The molecular weight excluding hydrogens is 218 g/mol. The van der Waals surface area contributed by atoms with Crippen LogP contribution >= 0.6 is 0 Å². The van der Waals surface area contributed by atoms with Gasteiger partial charge in [0, 0.05) is 32.8 Å². The minimum Gasteiger partial charge on any atom is -0.481 e. The lowest BCUT2D eigenvalue weighted by molar-refractivity contribution is -0.138. The molecule has 17 heavy (non-hydrogen) atoms. The molecule has 0 bridgehead atoms. The van der Waals surface area contributed by atoms with Gasteiger partial charge in [0.15, 0.2) is 0 Å². The minimum absolute atomic E-state index is 0.309. The second-order valence-corrected chi connectivity index (χ2v) is 4.83. The SMILES string of the molecule is Cn1cc(CCN2CCC(CC(=O)O)C2)cn1. The summed E-state index contributed by atoms with van der Waals surface area (Å²) in [4.78, 5) is 13.0. The zero-order valence-electron chi connectivity index (χ0n) is 10.2. The maximum Gasteiger partial charge on any atom is 0.303 e. The molecule has 1 saturated heterocycles. The summed E-state index contributed by atoms with van der Waals surface area (Å²) in [7, 11) is 1.92. The van der Waals surface area contributed by atoms with E-state index in [1.54, 1.807) is 0 Å². The van der Waals surface area contributed by atoms with E-state index >= 15 is 0 Å². The fraction of sp³-hybridized carbons (Fsp3) is 0.667. The molecule has 1 aromatic rings. The van der Waals surface area contributed by atoms with Crippen molar-refractivity contribution in [1.29, 1.82) is 0 Å². The van der Waals surface area contributed by atoms with Crippen LogP contribution in [0.5, 0.6) is 0 Å². The number of rotatable bonds is 5. The average molecular weight is 237 g/mol. The molecule has 0 radical (unpaired) electrons. The van der Waals surface area contributed by atoms with Crippen molar-refractivity contribution >= 4 is 5.97 Å². The second kappa shape index (κ2) is 5.31. The number of aryl methyl sites for hydroxylation is 1. The fourth-order valence-electron chi connectivity index (χ4n) is 2.42. The van der Waals surface area contributed by atoms with Crippen molar-refractivity contribution in [2.45, 2.75) is 19.3 Å². The minimum atomic E-state index is -0.677. The summed E-state index contributed by atoms with van der Waals surface area (Å²) in [5, 5.41) is 12.9. The normalized spacial score (nSPS) is 20.9. The van der Waals surface area contributed by atoms with E-state index in [-0.39, 0.29) is 0 Å². The molecular formula is C12H19N3O2. The van der Waals surface area contributed by atoms with Crippen molar-refractivity contribution in [3.8, 4) is 0 Å². The maximum absolute atomic E-state index is 10.6. The van der Waals surface area contributed by atoms with Gasteiger partial charge in [-0.2, -0.15) is 5.10 Å². The molecule has 2 rings (SSSR count). The van der Waals surface area contributed by atoms with Crippen LogP contribution in [0.4, 0.5) is 0 Å². The molecule has 0 spiro atoms. The first-order valence-corrected chi connectivity index (χ1v) is 6.05. The summed E-state index contributed by atoms with van der Waals surface area (Å²) in [5.41, 5.74) is 1.24. The number of hydrogen-bond acceptors (Lipinski definition) is 3. The molecule has 0 aromatic carbocycles. The highest BCUT2D eigenvalue weighted by molar-refractivity contribution is 5.67. The smallest absolute Gasteiger partial charge is 0.303 e. The molecule has 1 N–H and O–H groups in total. The van der Waals surface area contributed by atoms with Crippen molar-refractivity contribution in [2.24, 2.45) is 13.0 Å². The van der Waals surface area contributed by atoms with Crippen molar-refractivity contribution < 1.29 is 9.90 Å². The molecule has 1 aliphatic rings. The molecule has 5 heteroatoms. The Balaban J connectivity index is 1.73. The van der Waals surface area contributed by atoms with E-state index in [4.69, 9.17) is 5.11 Å². The Morgan fingerprint density at radius 3 is 3.12 bits per heavy atom. The lowest BCUT2D eigenvalue weighted by atomic mass is 10.1. The van der Waals surface area contributed by atoms with Gasteiger partial charge in [-0.05, 0) is 30.9 Å². The first kappa shape index (κ1) is 12.1. The summed E-state index contributed by atoms with van der Waals surface area (Å²) in [6.07, 6.45) is 6.24. The van der Waals surface area contributed by atoms with Crippen LogP contribution in [-0.2, 0) is 18.3 Å². The summed E-state index contributed by atoms with van der Waals surface area (Å²) >= 11 is 0. The summed E-state index contributed by atoms with van der Waals surface area (Å²) in [5.74, 6) is -0.342. The van der Waals surface area contributed by atoms with Gasteiger partial charge < -0.3 is 10.0 Å². The Kier molecular flexibility index (Phi) is 3.78. The van der Waals surface area contributed by atoms with Crippen LogP contribution in [0, 0.1) is 5.92 Å². The number of likely N-dealkylation sites (tertiary alicyclic amines) is 1. The lowest BCUT2D eigenvalue weighted by Gasteiger charge is -2.14. The summed E-state index contributed by atoms with van der Waals surface area (Å²) in [6, 6.07) is 0. The first-order chi connectivity index (χ1) is 8.13. The van der Waals surface area contributed by atoms with E-state index < -0.39 is 5.97 Å². The molecule has 5 nitrogen and oxygen atoms in total. The van der Waals surface area contributed by atoms with Crippen LogP contribution < -0.4 is 0 Å². The molecule has 2 heterocycles. The lowest BCUT2D eigenvalue weighted by Crippen LogP contribution is -2.23. The molecule has 1 aromatic heterocycles. The van der Waals surface area contributed by atoms with Crippen LogP contribution in [0.15, 0.2) is 12.4 Å². The van der Waals surface area contributed by atoms with Crippen molar-refractivity contribution in [3.63, 3.8) is 0 Å². The van der Waals surface area contributed by atoms with Gasteiger partial charge in [0.1, 0.15) is 0 Å². The molecule has 1 unspecified atom stereocenters. The Morgan fingerprint density at radius 2 is 2.47 bits per heavy atom. The third-order valence-corrected chi connectivity index (χ3v) is 3.31. The molecule has 0 aliphatic carbocycles. The maximum atomic E-state index is 10.6. The Morgan fingerprint density at radius 1 is 1.65 bits per heavy atom. The Bertz CT molecular complexity index is 389. The quantitative estimate of drug-likeness (QED) is 0.821. The highest BCUT2D eigenvalue weighted by Crippen LogP contribution is 2.19. The number of nitrogens with zero attached hydrogens (tertiary/aromatic N) is 3. The number of carboxylic acid groups (broad SMARTS) is 1. The third kappa shape index (κ3) is 3.56. The summed E-state index contributed by atoms with van der Waals surface area (Å²) in [6.45, 7) is 2.95. The van der Waals surface area contributed by atoms with Gasteiger partial charge in [-0.1, -0.05) is 0 Å². The van der Waals surface area contributed by atoms with Crippen LogP contribution in [0.25, 0.3) is 0 Å². The number of aromatic nitrogens is 2. The van der Waals surface area contributed by atoms with E-state index in [1.165, 1.54) is 5.56 Å². The van der Waals surface area contributed by atoms with Gasteiger partial charge in [0.05, 0.1) is 6.20 Å². The van der Waals surface area contributed by atoms with Gasteiger partial charge >= 0.3 is 5.97 Å². The molecule has 94 valence electrons. The third-order valence-electron chi connectivity index (χ3n) is 3.31. The van der Waals surface area contributed by atoms with Gasteiger partial charge in [0.25, 0.3) is 0 Å². The average Bonchev–Trinajstić information content (AvgIpc) is 2.84. The van der Waals surface area contributed by atoms with Gasteiger partial charge in [-0.3, -0.25) is 9.48 Å². The predicted octanol–water partition coefficient (Wildman–Crippen LogP) is 0.759. The van der Waals surface area contributed by atoms with Gasteiger partial charge in [0.2, 0.25) is 0 Å². The highest BCUT2D eigenvalue weighted by Gasteiger charge is 2.23. The van der Waals surface area contributed by atoms with Gasteiger partial charge in [-0.15, -0.1) is 0 Å². The topological polar surface area (TPSA) is 58.4 Å². The monoisotopic (exact) mass is 237 g/mol. The molecule has 1 fully saturated rings. The van der Waals surface area contributed by atoms with Crippen LogP contribution in [0.3, 0.4) is 0 Å². The molecule has 0 amide bonds. The molecule has 0 saturated carbocycles. The van der Waals surface area contributed by atoms with Crippen LogP contribution in [0.1, 0.15) is 18.4 Å². The number of carboxylic acids is 1. The Labute approximate surface area is 101 Å². The zero-order chi connectivity index (χ0) is 12.3. The second-order valence-electron chi connectivity index (χ2n) is 4.83. The molecule has 1 aliphatic heterocycles.